The van der Waals surface area contributed by atoms with E-state index >= 15 is 0 Å². The van der Waals surface area contributed by atoms with Gasteiger partial charge in [0, 0.05) is 6.42 Å². The minimum atomic E-state index is -4.77. The Balaban J connectivity index is 1.79. The molecule has 0 heterocycles. The first kappa shape index (κ1) is 14.5. The number of hydrogen-bond donors (Lipinski definition) is 0. The molecular formula is C16H16F4O. The highest BCUT2D eigenvalue weighted by molar-refractivity contribution is 5.96. The Hall–Kier alpha value is -1.39. The fourth-order valence-electron chi connectivity index (χ4n) is 3.94. The molecule has 2 saturated carbocycles. The number of carbonyl (C=O) groups is 1. The van der Waals surface area contributed by atoms with Crippen LogP contribution in [-0.4, -0.2) is 5.78 Å². The van der Waals surface area contributed by atoms with Gasteiger partial charge in [-0.3, -0.25) is 4.79 Å². The van der Waals surface area contributed by atoms with Gasteiger partial charge in [0.15, 0.2) is 5.78 Å². The van der Waals surface area contributed by atoms with Crippen LogP contribution < -0.4 is 0 Å². The monoisotopic (exact) mass is 300 g/mol. The van der Waals surface area contributed by atoms with Crippen LogP contribution >= 0.6 is 0 Å². The van der Waals surface area contributed by atoms with Gasteiger partial charge >= 0.3 is 6.18 Å². The lowest BCUT2D eigenvalue weighted by Crippen LogP contribution is -2.18. The first-order chi connectivity index (χ1) is 9.86. The van der Waals surface area contributed by atoms with Crippen molar-refractivity contribution in [1.82, 2.24) is 0 Å². The molecule has 0 aliphatic heterocycles. The van der Waals surface area contributed by atoms with Gasteiger partial charge in [-0.1, -0.05) is 12.5 Å². The molecule has 1 aromatic rings. The summed E-state index contributed by atoms with van der Waals surface area (Å²) in [5.41, 5.74) is -1.78. The molecule has 2 fully saturated rings. The van der Waals surface area contributed by atoms with Gasteiger partial charge in [0.25, 0.3) is 0 Å². The van der Waals surface area contributed by atoms with Crippen LogP contribution in [0.3, 0.4) is 0 Å². The van der Waals surface area contributed by atoms with Crippen molar-refractivity contribution in [2.24, 2.45) is 17.8 Å². The second kappa shape index (κ2) is 5.11. The van der Waals surface area contributed by atoms with Gasteiger partial charge in [0.1, 0.15) is 5.82 Å². The highest BCUT2D eigenvalue weighted by Gasteiger charge is 2.41. The molecule has 114 valence electrons. The molecule has 2 bridgehead atoms. The Morgan fingerprint density at radius 1 is 1.19 bits per heavy atom. The Labute approximate surface area is 120 Å². The number of ketones is 1. The summed E-state index contributed by atoms with van der Waals surface area (Å²) in [6.07, 6.45) is -0.257. The number of benzene rings is 1. The number of carbonyl (C=O) groups excluding carboxylic acids is 1. The SMILES string of the molecule is O=C(CC1CC2CCC1C2)c1cccc(C(F)(F)F)c1F. The lowest BCUT2D eigenvalue weighted by Gasteiger charge is -2.21. The van der Waals surface area contributed by atoms with E-state index in [0.717, 1.165) is 31.4 Å². The highest BCUT2D eigenvalue weighted by atomic mass is 19.4. The highest BCUT2D eigenvalue weighted by Crippen LogP contribution is 2.49. The summed E-state index contributed by atoms with van der Waals surface area (Å²) >= 11 is 0. The molecule has 0 amide bonds. The van der Waals surface area contributed by atoms with Crippen molar-refractivity contribution in [2.75, 3.05) is 0 Å². The van der Waals surface area contributed by atoms with Crippen LogP contribution in [0, 0.1) is 23.6 Å². The fourth-order valence-corrected chi connectivity index (χ4v) is 3.94. The number of hydrogen-bond acceptors (Lipinski definition) is 1. The van der Waals surface area contributed by atoms with Crippen LogP contribution in [0.15, 0.2) is 18.2 Å². The van der Waals surface area contributed by atoms with E-state index in [9.17, 15) is 22.4 Å². The number of fused-ring (bicyclic) bond motifs is 2. The molecule has 0 spiro atoms. The fraction of sp³-hybridized carbons (Fsp3) is 0.562. The van der Waals surface area contributed by atoms with E-state index in [2.05, 4.69) is 0 Å². The van der Waals surface area contributed by atoms with E-state index in [1.165, 1.54) is 6.42 Å². The van der Waals surface area contributed by atoms with Gasteiger partial charge < -0.3 is 0 Å². The molecule has 1 nitrogen and oxygen atoms in total. The third-order valence-corrected chi connectivity index (χ3v) is 4.94. The standard InChI is InChI=1S/C16H16F4O/c17-15-12(2-1-3-13(15)16(18,19)20)14(21)8-11-7-9-4-5-10(11)6-9/h1-3,9-11H,4-8H2. The summed E-state index contributed by atoms with van der Waals surface area (Å²) < 4.78 is 51.9. The van der Waals surface area contributed by atoms with Gasteiger partial charge in [0.2, 0.25) is 0 Å². The van der Waals surface area contributed by atoms with Gasteiger partial charge in [-0.2, -0.15) is 13.2 Å². The molecule has 0 radical (unpaired) electrons. The zero-order valence-corrected chi connectivity index (χ0v) is 11.4. The van der Waals surface area contributed by atoms with Crippen LogP contribution in [0.25, 0.3) is 0 Å². The van der Waals surface area contributed by atoms with E-state index in [-0.39, 0.29) is 12.3 Å². The summed E-state index contributed by atoms with van der Waals surface area (Å²) in [4.78, 5) is 12.2. The number of alkyl halides is 3. The van der Waals surface area contributed by atoms with Crippen LogP contribution in [-0.2, 0) is 6.18 Å². The zero-order chi connectivity index (χ0) is 15.2. The smallest absolute Gasteiger partial charge is 0.294 e. The Morgan fingerprint density at radius 3 is 2.52 bits per heavy atom. The normalized spacial score (nSPS) is 28.1. The van der Waals surface area contributed by atoms with Crippen LogP contribution in [0.5, 0.6) is 0 Å². The largest absolute Gasteiger partial charge is 0.419 e. The van der Waals surface area contributed by atoms with E-state index in [0.29, 0.717) is 17.9 Å². The van der Waals surface area contributed by atoms with E-state index in [1.54, 1.807) is 0 Å². The first-order valence-electron chi connectivity index (χ1n) is 7.25. The number of Topliss-reactive ketones (excluding diaryl/α,β-unsaturated/α-hetero) is 1. The lowest BCUT2D eigenvalue weighted by molar-refractivity contribution is -0.140. The van der Waals surface area contributed by atoms with Crippen molar-refractivity contribution in [3.05, 3.63) is 35.1 Å². The molecule has 3 atom stereocenters. The van der Waals surface area contributed by atoms with E-state index < -0.39 is 28.9 Å². The molecule has 2 aliphatic rings. The van der Waals surface area contributed by atoms with Crippen LogP contribution in [0.1, 0.15) is 48.0 Å². The maximum Gasteiger partial charge on any atom is 0.419 e. The average Bonchev–Trinajstić information content (AvgIpc) is 2.99. The molecule has 0 N–H and O–H groups in total. The first-order valence-corrected chi connectivity index (χ1v) is 7.25. The summed E-state index contributed by atoms with van der Waals surface area (Å²) in [6, 6.07) is 2.92. The Morgan fingerprint density at radius 2 is 1.95 bits per heavy atom. The van der Waals surface area contributed by atoms with Crippen molar-refractivity contribution >= 4 is 5.78 Å². The molecule has 0 aromatic heterocycles. The molecule has 3 rings (SSSR count). The second-order valence-electron chi connectivity index (χ2n) is 6.23. The lowest BCUT2D eigenvalue weighted by atomic mass is 9.84. The van der Waals surface area contributed by atoms with Gasteiger partial charge in [0.05, 0.1) is 11.1 Å². The third-order valence-electron chi connectivity index (χ3n) is 4.94. The quantitative estimate of drug-likeness (QED) is 0.576. The van der Waals surface area contributed by atoms with Gasteiger partial charge in [-0.25, -0.2) is 4.39 Å². The zero-order valence-electron chi connectivity index (χ0n) is 11.4. The molecule has 3 unspecified atom stereocenters. The van der Waals surface area contributed by atoms with Crippen molar-refractivity contribution in [3.8, 4) is 0 Å². The van der Waals surface area contributed by atoms with E-state index in [4.69, 9.17) is 0 Å². The molecular weight excluding hydrogens is 284 g/mol. The van der Waals surface area contributed by atoms with Crippen LogP contribution in [0.2, 0.25) is 0 Å². The predicted molar refractivity (Wildman–Crippen MR) is 69.3 cm³/mol. The van der Waals surface area contributed by atoms with Crippen LogP contribution in [0.4, 0.5) is 17.6 Å². The van der Waals surface area contributed by atoms with Crippen molar-refractivity contribution in [3.63, 3.8) is 0 Å². The molecule has 0 saturated heterocycles. The summed E-state index contributed by atoms with van der Waals surface area (Å²) in [5.74, 6) is -0.577. The van der Waals surface area contributed by atoms with Crippen molar-refractivity contribution in [2.45, 2.75) is 38.3 Å². The molecule has 2 aliphatic carbocycles. The molecule has 1 aromatic carbocycles. The van der Waals surface area contributed by atoms with E-state index in [1.807, 2.05) is 0 Å². The average molecular weight is 300 g/mol. The molecule has 21 heavy (non-hydrogen) atoms. The van der Waals surface area contributed by atoms with Gasteiger partial charge in [-0.05, 0) is 49.1 Å². The predicted octanol–water partition coefficient (Wildman–Crippen LogP) is 4.85. The Bertz CT molecular complexity index is 564. The third kappa shape index (κ3) is 2.70. The van der Waals surface area contributed by atoms with Crippen molar-refractivity contribution in [1.29, 1.82) is 0 Å². The van der Waals surface area contributed by atoms with Gasteiger partial charge in [-0.15, -0.1) is 0 Å². The minimum Gasteiger partial charge on any atom is -0.294 e. The number of rotatable bonds is 3. The Kier molecular flexibility index (Phi) is 3.54. The second-order valence-corrected chi connectivity index (χ2v) is 6.23. The summed E-state index contributed by atoms with van der Waals surface area (Å²) in [5, 5.41) is 0. The summed E-state index contributed by atoms with van der Waals surface area (Å²) in [6.45, 7) is 0. The minimum absolute atomic E-state index is 0.166. The topological polar surface area (TPSA) is 17.1 Å². The van der Waals surface area contributed by atoms with Crippen molar-refractivity contribution < 1.29 is 22.4 Å². The maximum atomic E-state index is 13.9. The number of halogens is 4. The molecule has 5 heteroatoms. The maximum absolute atomic E-state index is 13.9. The summed E-state index contributed by atoms with van der Waals surface area (Å²) in [7, 11) is 0.